The van der Waals surface area contributed by atoms with Crippen molar-refractivity contribution in [2.75, 3.05) is 7.11 Å². The van der Waals surface area contributed by atoms with Gasteiger partial charge in [-0.1, -0.05) is 12.5 Å². The second-order valence-corrected chi connectivity index (χ2v) is 3.18. The van der Waals surface area contributed by atoms with Crippen LogP contribution in [0.4, 0.5) is 4.79 Å². The molecule has 0 saturated heterocycles. The smallest absolute Gasteiger partial charge is 0.438 e. The number of carbonyl (C=O) groups excluding carboxylic acids is 1. The number of rotatable bonds is 1. The van der Waals surface area contributed by atoms with Gasteiger partial charge in [0.2, 0.25) is 0 Å². The molecular weight excluding hydrogens is 168 g/mol. The maximum Gasteiger partial charge on any atom is 0.508 e. The van der Waals surface area contributed by atoms with E-state index >= 15 is 0 Å². The van der Waals surface area contributed by atoms with E-state index in [-0.39, 0.29) is 6.10 Å². The van der Waals surface area contributed by atoms with Crippen LogP contribution >= 0.6 is 0 Å². The van der Waals surface area contributed by atoms with Crippen LogP contribution in [0.3, 0.4) is 0 Å². The highest BCUT2D eigenvalue weighted by molar-refractivity contribution is 5.60. The standard InChI is InChI=1S/C10H16O3/c1-12-10(11)13-9-7-5-3-2-4-6-8-9/h5,7,9H,2-4,6,8H2,1H3/b7-5+. The molecule has 74 valence electrons. The third kappa shape index (κ3) is 3.97. The first-order valence-corrected chi connectivity index (χ1v) is 4.74. The zero-order chi connectivity index (χ0) is 9.52. The van der Waals surface area contributed by atoms with Crippen LogP contribution in [0.25, 0.3) is 0 Å². The first-order valence-electron chi connectivity index (χ1n) is 4.74. The van der Waals surface area contributed by atoms with Gasteiger partial charge < -0.3 is 9.47 Å². The van der Waals surface area contributed by atoms with E-state index in [0.717, 1.165) is 19.3 Å². The first-order chi connectivity index (χ1) is 6.33. The second-order valence-electron chi connectivity index (χ2n) is 3.18. The number of carbonyl (C=O) groups is 1. The molecule has 0 radical (unpaired) electrons. The van der Waals surface area contributed by atoms with Crippen molar-refractivity contribution in [3.63, 3.8) is 0 Å². The van der Waals surface area contributed by atoms with Crippen LogP contribution in [0.1, 0.15) is 32.1 Å². The molecule has 0 aromatic carbocycles. The number of methoxy groups -OCH3 is 1. The van der Waals surface area contributed by atoms with Gasteiger partial charge in [0, 0.05) is 0 Å². The van der Waals surface area contributed by atoms with Crippen LogP contribution in [0.5, 0.6) is 0 Å². The predicted molar refractivity (Wildman–Crippen MR) is 49.5 cm³/mol. The molecule has 13 heavy (non-hydrogen) atoms. The fourth-order valence-electron chi connectivity index (χ4n) is 1.40. The Kier molecular flexibility index (Phi) is 4.36. The molecule has 1 aliphatic carbocycles. The monoisotopic (exact) mass is 184 g/mol. The summed E-state index contributed by atoms with van der Waals surface area (Å²) < 4.78 is 9.46. The lowest BCUT2D eigenvalue weighted by atomic mass is 10.0. The molecule has 0 aromatic heterocycles. The van der Waals surface area contributed by atoms with E-state index in [1.165, 1.54) is 20.0 Å². The van der Waals surface area contributed by atoms with E-state index < -0.39 is 6.16 Å². The molecule has 0 N–H and O–H groups in total. The Morgan fingerprint density at radius 3 is 3.00 bits per heavy atom. The zero-order valence-electron chi connectivity index (χ0n) is 7.99. The van der Waals surface area contributed by atoms with Gasteiger partial charge in [-0.3, -0.25) is 0 Å². The Hall–Kier alpha value is -0.990. The fraction of sp³-hybridized carbons (Fsp3) is 0.700. The summed E-state index contributed by atoms with van der Waals surface area (Å²) in [5.41, 5.74) is 0. The van der Waals surface area contributed by atoms with Gasteiger partial charge >= 0.3 is 6.16 Å². The second kappa shape index (κ2) is 5.62. The van der Waals surface area contributed by atoms with Crippen molar-refractivity contribution in [1.82, 2.24) is 0 Å². The maximum atomic E-state index is 10.8. The maximum absolute atomic E-state index is 10.8. The van der Waals surface area contributed by atoms with Crippen molar-refractivity contribution >= 4 is 6.16 Å². The summed E-state index contributed by atoms with van der Waals surface area (Å²) in [4.78, 5) is 10.8. The molecule has 3 nitrogen and oxygen atoms in total. The van der Waals surface area contributed by atoms with Gasteiger partial charge in [-0.2, -0.15) is 0 Å². The molecule has 0 aromatic rings. The Bertz CT molecular complexity index is 187. The van der Waals surface area contributed by atoms with Gasteiger partial charge in [-0.25, -0.2) is 4.79 Å². The van der Waals surface area contributed by atoms with E-state index in [1.807, 2.05) is 6.08 Å². The molecule has 1 aliphatic rings. The van der Waals surface area contributed by atoms with Crippen LogP contribution in [0.2, 0.25) is 0 Å². The Morgan fingerprint density at radius 1 is 1.38 bits per heavy atom. The minimum atomic E-state index is -0.588. The third-order valence-electron chi connectivity index (χ3n) is 2.12. The summed E-state index contributed by atoms with van der Waals surface area (Å²) in [6, 6.07) is 0. The summed E-state index contributed by atoms with van der Waals surface area (Å²) >= 11 is 0. The molecule has 0 aliphatic heterocycles. The van der Waals surface area contributed by atoms with E-state index in [2.05, 4.69) is 10.8 Å². The lowest BCUT2D eigenvalue weighted by Crippen LogP contribution is -2.16. The average molecular weight is 184 g/mol. The predicted octanol–water partition coefficient (Wildman–Crippen LogP) is 2.66. The van der Waals surface area contributed by atoms with Crippen molar-refractivity contribution in [2.24, 2.45) is 0 Å². The third-order valence-corrected chi connectivity index (χ3v) is 2.12. The Balaban J connectivity index is 2.37. The number of allylic oxidation sites excluding steroid dienone is 1. The normalized spacial score (nSPS) is 25.5. The van der Waals surface area contributed by atoms with E-state index in [1.54, 1.807) is 0 Å². The lowest BCUT2D eigenvalue weighted by Gasteiger charge is -2.14. The Morgan fingerprint density at radius 2 is 2.23 bits per heavy atom. The van der Waals surface area contributed by atoms with Crippen molar-refractivity contribution in [3.05, 3.63) is 12.2 Å². The van der Waals surface area contributed by atoms with Crippen LogP contribution in [0, 0.1) is 0 Å². The van der Waals surface area contributed by atoms with Gasteiger partial charge in [0.25, 0.3) is 0 Å². The minimum Gasteiger partial charge on any atom is -0.438 e. The number of hydrogen-bond acceptors (Lipinski definition) is 3. The van der Waals surface area contributed by atoms with Gasteiger partial charge in [0.1, 0.15) is 6.10 Å². The molecule has 0 fully saturated rings. The van der Waals surface area contributed by atoms with Gasteiger partial charge in [0.15, 0.2) is 0 Å². The van der Waals surface area contributed by atoms with E-state index in [9.17, 15) is 4.79 Å². The highest BCUT2D eigenvalue weighted by Gasteiger charge is 2.11. The van der Waals surface area contributed by atoms with Crippen LogP contribution in [-0.4, -0.2) is 19.4 Å². The van der Waals surface area contributed by atoms with Crippen LogP contribution in [-0.2, 0) is 9.47 Å². The molecule has 3 heteroatoms. The molecule has 0 spiro atoms. The van der Waals surface area contributed by atoms with Gasteiger partial charge in [-0.15, -0.1) is 0 Å². The molecule has 1 unspecified atom stereocenters. The molecule has 1 rings (SSSR count). The lowest BCUT2D eigenvalue weighted by molar-refractivity contribution is 0.0488. The SMILES string of the molecule is COC(=O)OC1/C=C/CCCCC1. The Labute approximate surface area is 78.7 Å². The van der Waals surface area contributed by atoms with Gasteiger partial charge in [-0.05, 0) is 31.8 Å². The number of hydrogen-bond donors (Lipinski definition) is 0. The van der Waals surface area contributed by atoms with Crippen molar-refractivity contribution in [1.29, 1.82) is 0 Å². The minimum absolute atomic E-state index is 0.0900. The van der Waals surface area contributed by atoms with Crippen LogP contribution < -0.4 is 0 Å². The summed E-state index contributed by atoms with van der Waals surface area (Å²) in [6.07, 6.45) is 8.91. The summed E-state index contributed by atoms with van der Waals surface area (Å²) in [5.74, 6) is 0. The molecule has 0 saturated carbocycles. The molecule has 1 atom stereocenters. The molecular formula is C10H16O3. The van der Waals surface area contributed by atoms with Gasteiger partial charge in [0.05, 0.1) is 7.11 Å². The highest BCUT2D eigenvalue weighted by atomic mass is 16.7. The van der Waals surface area contributed by atoms with Crippen molar-refractivity contribution < 1.29 is 14.3 Å². The van der Waals surface area contributed by atoms with Crippen LogP contribution in [0.15, 0.2) is 12.2 Å². The summed E-state index contributed by atoms with van der Waals surface area (Å²) in [5, 5.41) is 0. The zero-order valence-corrected chi connectivity index (χ0v) is 7.99. The fourth-order valence-corrected chi connectivity index (χ4v) is 1.40. The summed E-state index contributed by atoms with van der Waals surface area (Å²) in [6.45, 7) is 0. The molecule has 0 amide bonds. The van der Waals surface area contributed by atoms with Crippen molar-refractivity contribution in [2.45, 2.75) is 38.2 Å². The quantitative estimate of drug-likeness (QED) is 0.464. The van der Waals surface area contributed by atoms with Crippen molar-refractivity contribution in [3.8, 4) is 0 Å². The first kappa shape index (κ1) is 10.1. The molecule has 0 bridgehead atoms. The topological polar surface area (TPSA) is 35.5 Å². The van der Waals surface area contributed by atoms with E-state index in [4.69, 9.17) is 4.74 Å². The number of ether oxygens (including phenoxy) is 2. The van der Waals surface area contributed by atoms with E-state index in [0.29, 0.717) is 0 Å². The average Bonchev–Trinajstić information content (AvgIpc) is 2.09. The largest absolute Gasteiger partial charge is 0.508 e. The summed E-state index contributed by atoms with van der Waals surface area (Å²) in [7, 11) is 1.33. The molecule has 0 heterocycles. The highest BCUT2D eigenvalue weighted by Crippen LogP contribution is 2.14.